The van der Waals surface area contributed by atoms with Crippen molar-refractivity contribution in [1.82, 2.24) is 4.90 Å². The molecule has 5 heteroatoms. The van der Waals surface area contributed by atoms with Gasteiger partial charge in [0.15, 0.2) is 0 Å². The van der Waals surface area contributed by atoms with Gasteiger partial charge in [-0.15, -0.1) is 0 Å². The van der Waals surface area contributed by atoms with Gasteiger partial charge in [0.05, 0.1) is 6.10 Å². The Morgan fingerprint density at radius 3 is 2.68 bits per heavy atom. The first-order valence-electron chi connectivity index (χ1n) is 6.47. The molecule has 0 aliphatic heterocycles. The van der Waals surface area contributed by atoms with Crippen LogP contribution in [-0.4, -0.2) is 54.1 Å². The molecule has 1 rings (SSSR count). The molecule has 4 N–H and O–H groups in total. The van der Waals surface area contributed by atoms with Crippen LogP contribution in [0.4, 0.5) is 0 Å². The molecule has 0 heterocycles. The van der Waals surface area contributed by atoms with E-state index in [9.17, 15) is 10.2 Å². The predicted octanol–water partition coefficient (Wildman–Crippen LogP) is 0.198. The number of hydrogen-bond acceptors (Lipinski definition) is 5. The monoisotopic (exact) mass is 268 g/mol. The largest absolute Gasteiger partial charge is 0.491 e. The quantitative estimate of drug-likeness (QED) is 0.627. The summed E-state index contributed by atoms with van der Waals surface area (Å²) in [6.07, 6.45) is -0.996. The molecule has 2 unspecified atom stereocenters. The molecule has 0 aromatic heterocycles. The Morgan fingerprint density at radius 2 is 2.05 bits per heavy atom. The van der Waals surface area contributed by atoms with E-state index in [-0.39, 0.29) is 6.61 Å². The lowest BCUT2D eigenvalue weighted by molar-refractivity contribution is 0.0598. The molecule has 0 saturated heterocycles. The van der Waals surface area contributed by atoms with Crippen molar-refractivity contribution in [2.24, 2.45) is 5.73 Å². The minimum atomic E-state index is -0.592. The second-order valence-electron chi connectivity index (χ2n) is 4.89. The Hall–Kier alpha value is -1.14. The van der Waals surface area contributed by atoms with Crippen molar-refractivity contribution >= 4 is 0 Å². The normalized spacial score (nSPS) is 14.4. The molecule has 0 saturated carbocycles. The summed E-state index contributed by atoms with van der Waals surface area (Å²) in [6, 6.07) is 7.51. The third-order valence-corrected chi connectivity index (χ3v) is 2.67. The first-order valence-corrected chi connectivity index (χ1v) is 6.47. The standard InChI is InChI=1S/C14H24N2O3/c1-11(17)8-16(2)9-13(18)10-19-14-5-3-4-12(6-14)7-15/h3-6,11,13,17-18H,7-10,15H2,1-2H3. The van der Waals surface area contributed by atoms with Crippen LogP contribution in [-0.2, 0) is 6.54 Å². The average Bonchev–Trinajstić information content (AvgIpc) is 2.35. The van der Waals surface area contributed by atoms with Crippen molar-refractivity contribution in [2.75, 3.05) is 26.7 Å². The second kappa shape index (κ2) is 8.12. The lowest BCUT2D eigenvalue weighted by atomic mass is 10.2. The molecule has 1 aromatic carbocycles. The molecule has 5 nitrogen and oxygen atoms in total. The number of nitrogens with zero attached hydrogens (tertiary/aromatic N) is 1. The fourth-order valence-corrected chi connectivity index (χ4v) is 1.89. The SMILES string of the molecule is CC(O)CN(C)CC(O)COc1cccc(CN)c1. The first kappa shape index (κ1) is 15.9. The first-order chi connectivity index (χ1) is 9.01. The topological polar surface area (TPSA) is 79.0 Å². The number of aliphatic hydroxyl groups excluding tert-OH is 2. The lowest BCUT2D eigenvalue weighted by Crippen LogP contribution is -2.36. The number of benzene rings is 1. The van der Waals surface area contributed by atoms with E-state index in [2.05, 4.69) is 0 Å². The molecule has 0 amide bonds. The van der Waals surface area contributed by atoms with Gasteiger partial charge in [-0.2, -0.15) is 0 Å². The van der Waals surface area contributed by atoms with Crippen LogP contribution in [0.1, 0.15) is 12.5 Å². The van der Waals surface area contributed by atoms with E-state index in [1.165, 1.54) is 0 Å². The summed E-state index contributed by atoms with van der Waals surface area (Å²) >= 11 is 0. The van der Waals surface area contributed by atoms with Gasteiger partial charge in [-0.05, 0) is 31.7 Å². The van der Waals surface area contributed by atoms with E-state index in [4.69, 9.17) is 10.5 Å². The minimum Gasteiger partial charge on any atom is -0.491 e. The van der Waals surface area contributed by atoms with Crippen molar-refractivity contribution in [3.8, 4) is 5.75 Å². The van der Waals surface area contributed by atoms with E-state index in [1.807, 2.05) is 36.2 Å². The Bertz CT molecular complexity index is 371. The zero-order chi connectivity index (χ0) is 14.3. The summed E-state index contributed by atoms with van der Waals surface area (Å²) in [6.45, 7) is 3.40. The van der Waals surface area contributed by atoms with Crippen molar-refractivity contribution in [3.05, 3.63) is 29.8 Å². The van der Waals surface area contributed by atoms with Crippen LogP contribution in [0.15, 0.2) is 24.3 Å². The number of rotatable bonds is 8. The van der Waals surface area contributed by atoms with Crippen molar-refractivity contribution in [2.45, 2.75) is 25.7 Å². The molecule has 0 spiro atoms. The van der Waals surface area contributed by atoms with Crippen LogP contribution in [0.25, 0.3) is 0 Å². The highest BCUT2D eigenvalue weighted by atomic mass is 16.5. The minimum absolute atomic E-state index is 0.220. The third-order valence-electron chi connectivity index (χ3n) is 2.67. The van der Waals surface area contributed by atoms with Crippen LogP contribution in [0.3, 0.4) is 0 Å². The van der Waals surface area contributed by atoms with Gasteiger partial charge < -0.3 is 25.6 Å². The molecule has 0 aliphatic carbocycles. The highest BCUT2D eigenvalue weighted by molar-refractivity contribution is 5.28. The van der Waals surface area contributed by atoms with Gasteiger partial charge in [-0.1, -0.05) is 12.1 Å². The Kier molecular flexibility index (Phi) is 6.80. The summed E-state index contributed by atoms with van der Waals surface area (Å²) in [7, 11) is 1.85. The molecule has 0 bridgehead atoms. The summed E-state index contributed by atoms with van der Waals surface area (Å²) in [4.78, 5) is 1.87. The van der Waals surface area contributed by atoms with Gasteiger partial charge >= 0.3 is 0 Å². The van der Waals surface area contributed by atoms with Gasteiger partial charge in [-0.3, -0.25) is 0 Å². The summed E-state index contributed by atoms with van der Waals surface area (Å²) in [5.74, 6) is 0.708. The highest BCUT2D eigenvalue weighted by Gasteiger charge is 2.10. The molecule has 1 aromatic rings. The van der Waals surface area contributed by atoms with E-state index >= 15 is 0 Å². The van der Waals surface area contributed by atoms with E-state index in [0.717, 1.165) is 5.56 Å². The maximum absolute atomic E-state index is 9.85. The second-order valence-corrected chi connectivity index (χ2v) is 4.89. The molecule has 0 radical (unpaired) electrons. The fraction of sp³-hybridized carbons (Fsp3) is 0.571. The van der Waals surface area contributed by atoms with Crippen LogP contribution in [0.2, 0.25) is 0 Å². The third kappa shape index (κ3) is 6.54. The van der Waals surface area contributed by atoms with Gasteiger partial charge in [0.25, 0.3) is 0 Å². The summed E-state index contributed by atoms with van der Waals surface area (Å²) < 4.78 is 5.52. The lowest BCUT2D eigenvalue weighted by Gasteiger charge is -2.21. The van der Waals surface area contributed by atoms with Crippen LogP contribution >= 0.6 is 0 Å². The number of likely N-dealkylation sites (N-methyl/N-ethyl adjacent to an activating group) is 1. The maximum Gasteiger partial charge on any atom is 0.119 e. The molecule has 0 fully saturated rings. The van der Waals surface area contributed by atoms with Crippen molar-refractivity contribution < 1.29 is 14.9 Å². The molecule has 0 aliphatic rings. The summed E-state index contributed by atoms with van der Waals surface area (Å²) in [5.41, 5.74) is 6.55. The Morgan fingerprint density at radius 1 is 1.32 bits per heavy atom. The molecular formula is C14H24N2O3. The highest BCUT2D eigenvalue weighted by Crippen LogP contribution is 2.13. The molecule has 2 atom stereocenters. The molecule has 108 valence electrons. The van der Waals surface area contributed by atoms with Crippen LogP contribution in [0, 0.1) is 0 Å². The average molecular weight is 268 g/mol. The fourth-order valence-electron chi connectivity index (χ4n) is 1.89. The zero-order valence-electron chi connectivity index (χ0n) is 11.6. The van der Waals surface area contributed by atoms with Crippen LogP contribution < -0.4 is 10.5 Å². The molecule has 19 heavy (non-hydrogen) atoms. The number of nitrogens with two attached hydrogens (primary N) is 1. The van der Waals surface area contributed by atoms with E-state index in [1.54, 1.807) is 6.92 Å². The molecular weight excluding hydrogens is 244 g/mol. The zero-order valence-corrected chi connectivity index (χ0v) is 11.6. The Balaban J connectivity index is 2.34. The Labute approximate surface area is 114 Å². The van der Waals surface area contributed by atoms with Crippen molar-refractivity contribution in [3.63, 3.8) is 0 Å². The van der Waals surface area contributed by atoms with Crippen LogP contribution in [0.5, 0.6) is 5.75 Å². The van der Waals surface area contributed by atoms with E-state index < -0.39 is 12.2 Å². The number of hydrogen-bond donors (Lipinski definition) is 3. The van der Waals surface area contributed by atoms with E-state index in [0.29, 0.717) is 25.4 Å². The van der Waals surface area contributed by atoms with Gasteiger partial charge in [-0.25, -0.2) is 0 Å². The number of aliphatic hydroxyl groups is 2. The number of ether oxygens (including phenoxy) is 1. The maximum atomic E-state index is 9.85. The summed E-state index contributed by atoms with van der Waals surface area (Å²) in [5, 5.41) is 19.1. The van der Waals surface area contributed by atoms with Gasteiger partial charge in [0.2, 0.25) is 0 Å². The van der Waals surface area contributed by atoms with Gasteiger partial charge in [0.1, 0.15) is 18.5 Å². The predicted molar refractivity (Wildman–Crippen MR) is 75.0 cm³/mol. The van der Waals surface area contributed by atoms with Gasteiger partial charge in [0, 0.05) is 19.6 Å². The van der Waals surface area contributed by atoms with Crippen molar-refractivity contribution in [1.29, 1.82) is 0 Å². The smallest absolute Gasteiger partial charge is 0.119 e.